The third-order valence-electron chi connectivity index (χ3n) is 4.27. The molecule has 2 aliphatic carbocycles. The summed E-state index contributed by atoms with van der Waals surface area (Å²) in [6, 6.07) is 3.35. The van der Waals surface area contributed by atoms with Gasteiger partial charge in [-0.25, -0.2) is 0 Å². The smallest absolute Gasteiger partial charge is 0.259 e. The van der Waals surface area contributed by atoms with Gasteiger partial charge in [-0.2, -0.15) is 0 Å². The molecule has 0 aromatic heterocycles. The largest absolute Gasteiger partial charge is 0.507 e. The first-order valence-electron chi connectivity index (χ1n) is 8.87. The van der Waals surface area contributed by atoms with Gasteiger partial charge >= 0.3 is 0 Å². The molecule has 4 heteroatoms. The van der Waals surface area contributed by atoms with Gasteiger partial charge in [0, 0.05) is 17.3 Å². The van der Waals surface area contributed by atoms with Crippen LogP contribution in [-0.2, 0) is 4.74 Å². The lowest BCUT2D eigenvalue weighted by atomic mass is 10.0. The molecule has 0 fully saturated rings. The Hall–Kier alpha value is -2.75. The van der Waals surface area contributed by atoms with E-state index in [2.05, 4.69) is 31.0 Å². The fourth-order valence-electron chi connectivity index (χ4n) is 2.92. The van der Waals surface area contributed by atoms with Gasteiger partial charge in [-0.15, -0.1) is 6.58 Å². The summed E-state index contributed by atoms with van der Waals surface area (Å²) in [5, 5.41) is 14.9. The summed E-state index contributed by atoms with van der Waals surface area (Å²) in [6.07, 6.45) is 12.4. The number of nitrogens with one attached hydrogen (secondary N) is 1. The van der Waals surface area contributed by atoms with Crippen LogP contribution in [0.4, 0.5) is 0 Å². The predicted octanol–water partition coefficient (Wildman–Crippen LogP) is 3.12. The molecule has 1 aromatic carbocycles. The van der Waals surface area contributed by atoms with Crippen molar-refractivity contribution in [1.82, 2.24) is 5.32 Å². The van der Waals surface area contributed by atoms with E-state index < -0.39 is 0 Å². The van der Waals surface area contributed by atoms with Gasteiger partial charge in [0.2, 0.25) is 0 Å². The Kier molecular flexibility index (Phi) is 6.84. The summed E-state index contributed by atoms with van der Waals surface area (Å²) >= 11 is 0. The molecule has 0 bridgehead atoms. The van der Waals surface area contributed by atoms with E-state index in [4.69, 9.17) is 4.74 Å². The van der Waals surface area contributed by atoms with Crippen LogP contribution in [0.15, 0.2) is 48.7 Å². The molecule has 2 aliphatic rings. The van der Waals surface area contributed by atoms with E-state index in [-0.39, 0.29) is 17.2 Å². The van der Waals surface area contributed by atoms with Crippen molar-refractivity contribution in [1.29, 1.82) is 0 Å². The van der Waals surface area contributed by atoms with E-state index in [1.807, 2.05) is 19.1 Å². The van der Waals surface area contributed by atoms with Gasteiger partial charge in [-0.3, -0.25) is 4.79 Å². The molecule has 0 radical (unpaired) electrons. The van der Waals surface area contributed by atoms with E-state index in [0.29, 0.717) is 5.92 Å². The average molecular weight is 353 g/mol. The maximum atomic E-state index is 12.5. The minimum atomic E-state index is -0.298. The summed E-state index contributed by atoms with van der Waals surface area (Å²) in [4.78, 5) is 12.5. The van der Waals surface area contributed by atoms with Crippen LogP contribution in [0.5, 0.6) is 5.75 Å². The van der Waals surface area contributed by atoms with Gasteiger partial charge in [-0.05, 0) is 49.1 Å². The molecule has 0 aliphatic heterocycles. The zero-order valence-corrected chi connectivity index (χ0v) is 15.7. The van der Waals surface area contributed by atoms with Gasteiger partial charge in [0.1, 0.15) is 11.5 Å². The molecular weight excluding hydrogens is 326 g/mol. The number of fused-ring (bicyclic) bond motifs is 1. The lowest BCUT2D eigenvalue weighted by molar-refractivity contribution is 0.0964. The lowest BCUT2D eigenvalue weighted by Crippen LogP contribution is -2.33. The molecule has 0 saturated heterocycles. The molecule has 1 aromatic rings. The predicted molar refractivity (Wildman–Crippen MR) is 106 cm³/mol. The quantitative estimate of drug-likeness (QED) is 0.821. The van der Waals surface area contributed by atoms with Crippen molar-refractivity contribution in [2.45, 2.75) is 33.1 Å². The van der Waals surface area contributed by atoms with Crippen molar-refractivity contribution in [2.75, 3.05) is 7.11 Å². The van der Waals surface area contributed by atoms with Gasteiger partial charge < -0.3 is 15.2 Å². The Morgan fingerprint density at radius 3 is 2.73 bits per heavy atom. The van der Waals surface area contributed by atoms with Crippen LogP contribution in [0.1, 0.15) is 43.5 Å². The van der Waals surface area contributed by atoms with Crippen molar-refractivity contribution >= 4 is 17.7 Å². The van der Waals surface area contributed by atoms with E-state index in [1.54, 1.807) is 25.3 Å². The van der Waals surface area contributed by atoms with E-state index >= 15 is 0 Å². The molecular formula is C22H27NO3. The van der Waals surface area contributed by atoms with E-state index in [0.717, 1.165) is 41.2 Å². The molecule has 2 N–H and O–H groups in total. The number of allylic oxidation sites excluding steroid dienone is 4. The Balaban J connectivity index is 0.000000758. The highest BCUT2D eigenvalue weighted by atomic mass is 16.5. The number of hydrogen-bond acceptors (Lipinski definition) is 3. The number of ether oxygens (including phenoxy) is 1. The van der Waals surface area contributed by atoms with Crippen LogP contribution in [0, 0.1) is 5.92 Å². The number of benzene rings is 1. The first-order chi connectivity index (χ1) is 12.5. The van der Waals surface area contributed by atoms with Gasteiger partial charge in [0.25, 0.3) is 5.91 Å². The highest BCUT2D eigenvalue weighted by Crippen LogP contribution is 2.17. The minimum Gasteiger partial charge on any atom is -0.507 e. The third kappa shape index (κ3) is 4.66. The Bertz CT molecular complexity index is 862. The Morgan fingerprint density at radius 1 is 1.38 bits per heavy atom. The number of carbonyl (C=O) groups is 1. The number of phenols is 1. The summed E-state index contributed by atoms with van der Waals surface area (Å²) < 4.78 is 5.37. The second-order valence-corrected chi connectivity index (χ2v) is 6.42. The zero-order valence-electron chi connectivity index (χ0n) is 15.7. The standard InChI is InChI=1S/C19H21NO3.C3H6/c1-12-6-8-14(9-7-12)20-19(22)16-10-13-4-3-5-18(23-2)15(13)11-17(16)21;1-3-2/h4,6,8-12,21H,3,5,7H2,1-2H3,(H,20,22);3H,1H2,2H3. The number of rotatable bonds is 3. The molecule has 138 valence electrons. The number of phenolic OH excluding ortho intramolecular Hbond substituents is 1. The number of methoxy groups -OCH3 is 1. The normalized spacial score (nSPS) is 17.7. The molecule has 1 amide bonds. The van der Waals surface area contributed by atoms with Crippen LogP contribution in [0.3, 0.4) is 0 Å². The SMILES string of the molecule is C=CC.COC1=c2cc(O)c(C(=O)NC3=CCC(C)C=C3)cc2=CCC1. The third-order valence-corrected chi connectivity index (χ3v) is 4.27. The van der Waals surface area contributed by atoms with Crippen LogP contribution >= 0.6 is 0 Å². The van der Waals surface area contributed by atoms with Crippen LogP contribution < -0.4 is 15.8 Å². The van der Waals surface area contributed by atoms with Gasteiger partial charge in [-0.1, -0.05) is 31.2 Å². The topological polar surface area (TPSA) is 58.6 Å². The zero-order chi connectivity index (χ0) is 19.1. The summed E-state index contributed by atoms with van der Waals surface area (Å²) in [6.45, 7) is 7.38. The molecule has 1 atom stereocenters. The first-order valence-corrected chi connectivity index (χ1v) is 8.87. The molecule has 3 rings (SSSR count). The second-order valence-electron chi connectivity index (χ2n) is 6.42. The molecule has 0 saturated carbocycles. The number of carbonyl (C=O) groups excluding carboxylic acids is 1. The first kappa shape index (κ1) is 19.6. The van der Waals surface area contributed by atoms with E-state index in [9.17, 15) is 9.90 Å². The van der Waals surface area contributed by atoms with Crippen molar-refractivity contribution in [3.8, 4) is 5.75 Å². The van der Waals surface area contributed by atoms with Crippen LogP contribution in [0.2, 0.25) is 0 Å². The van der Waals surface area contributed by atoms with E-state index in [1.165, 1.54) is 0 Å². The van der Waals surface area contributed by atoms with Crippen LogP contribution in [0.25, 0.3) is 11.8 Å². The molecule has 0 heterocycles. The van der Waals surface area contributed by atoms with Crippen molar-refractivity contribution in [2.24, 2.45) is 5.92 Å². The fraction of sp³-hybridized carbons (Fsp3) is 0.318. The lowest BCUT2D eigenvalue weighted by Gasteiger charge is -2.14. The number of hydrogen-bond donors (Lipinski definition) is 2. The maximum absolute atomic E-state index is 12.5. The maximum Gasteiger partial charge on any atom is 0.259 e. The summed E-state index contributed by atoms with van der Waals surface area (Å²) in [5.74, 6) is 1.01. The van der Waals surface area contributed by atoms with Crippen molar-refractivity contribution < 1.29 is 14.6 Å². The highest BCUT2D eigenvalue weighted by molar-refractivity contribution is 5.98. The van der Waals surface area contributed by atoms with Gasteiger partial charge in [0.05, 0.1) is 12.7 Å². The van der Waals surface area contributed by atoms with Crippen LogP contribution in [-0.4, -0.2) is 18.1 Å². The summed E-state index contributed by atoms with van der Waals surface area (Å²) in [5.41, 5.74) is 1.06. The number of amides is 1. The highest BCUT2D eigenvalue weighted by Gasteiger charge is 2.15. The summed E-state index contributed by atoms with van der Waals surface area (Å²) in [7, 11) is 1.63. The monoisotopic (exact) mass is 353 g/mol. The molecule has 0 spiro atoms. The molecule has 4 nitrogen and oxygen atoms in total. The Labute approximate surface area is 154 Å². The fourth-order valence-corrected chi connectivity index (χ4v) is 2.92. The Morgan fingerprint density at radius 2 is 2.12 bits per heavy atom. The molecule has 26 heavy (non-hydrogen) atoms. The molecule has 1 unspecified atom stereocenters. The van der Waals surface area contributed by atoms with Gasteiger partial charge in [0.15, 0.2) is 0 Å². The average Bonchev–Trinajstić information content (AvgIpc) is 2.63. The van der Waals surface area contributed by atoms with Crippen molar-refractivity contribution in [3.63, 3.8) is 0 Å². The second kappa shape index (κ2) is 9.09. The van der Waals surface area contributed by atoms with Crippen molar-refractivity contribution in [3.05, 3.63) is 64.7 Å². The minimum absolute atomic E-state index is 0.0279. The number of aromatic hydroxyl groups is 1.